The Morgan fingerprint density at radius 3 is 1.81 bits per heavy atom. The fourth-order valence-electron chi connectivity index (χ4n) is 5.56. The summed E-state index contributed by atoms with van der Waals surface area (Å²) in [7, 11) is 2.49. The van der Waals surface area contributed by atoms with E-state index in [4.69, 9.17) is 0 Å². The Kier molecular flexibility index (Phi) is 4.99. The standard InChI is InChI=1S/C19H41N2/c1-11-12-21(10)15-16(2,3)13-17(4,5)20-18(6,7)14-19(21,8)9/h20H,11-15H2,1-10H3/q+1. The van der Waals surface area contributed by atoms with Gasteiger partial charge < -0.3 is 9.80 Å². The quantitative estimate of drug-likeness (QED) is 0.735. The smallest absolute Gasteiger partial charge is 0.0951 e. The highest BCUT2D eigenvalue weighted by atomic mass is 15.4. The third kappa shape index (κ3) is 4.69. The van der Waals surface area contributed by atoms with Crippen molar-refractivity contribution in [3.05, 3.63) is 0 Å². The van der Waals surface area contributed by atoms with Gasteiger partial charge in [0, 0.05) is 22.9 Å². The zero-order valence-corrected chi connectivity index (χ0v) is 16.5. The molecule has 0 bridgehead atoms. The number of rotatable bonds is 2. The lowest BCUT2D eigenvalue weighted by atomic mass is 9.78. The second-order valence-electron chi connectivity index (χ2n) is 10.5. The van der Waals surface area contributed by atoms with E-state index in [0.717, 1.165) is 0 Å². The van der Waals surface area contributed by atoms with E-state index >= 15 is 0 Å². The summed E-state index contributed by atoms with van der Waals surface area (Å²) in [6, 6.07) is 0. The molecule has 1 aliphatic heterocycles. The van der Waals surface area contributed by atoms with Gasteiger partial charge in [-0.1, -0.05) is 20.8 Å². The second-order valence-corrected chi connectivity index (χ2v) is 10.5. The van der Waals surface area contributed by atoms with Gasteiger partial charge in [-0.3, -0.25) is 0 Å². The molecule has 21 heavy (non-hydrogen) atoms. The summed E-state index contributed by atoms with van der Waals surface area (Å²) in [4.78, 5) is 0. The van der Waals surface area contributed by atoms with Crippen molar-refractivity contribution < 1.29 is 4.48 Å². The highest BCUT2D eigenvalue weighted by Gasteiger charge is 2.49. The third-order valence-corrected chi connectivity index (χ3v) is 5.43. The Balaban J connectivity index is 3.30. The van der Waals surface area contributed by atoms with Crippen LogP contribution < -0.4 is 5.32 Å². The Morgan fingerprint density at radius 2 is 1.33 bits per heavy atom. The van der Waals surface area contributed by atoms with Crippen LogP contribution >= 0.6 is 0 Å². The second kappa shape index (κ2) is 5.53. The van der Waals surface area contributed by atoms with Crippen LogP contribution in [0.3, 0.4) is 0 Å². The average molecular weight is 298 g/mol. The van der Waals surface area contributed by atoms with Crippen LogP contribution in [-0.2, 0) is 0 Å². The van der Waals surface area contributed by atoms with Crippen LogP contribution in [0.15, 0.2) is 0 Å². The molecule has 1 rings (SSSR count). The van der Waals surface area contributed by atoms with Crippen molar-refractivity contribution in [2.24, 2.45) is 5.41 Å². The fraction of sp³-hybridized carbons (Fsp3) is 1.00. The van der Waals surface area contributed by atoms with E-state index in [1.54, 1.807) is 0 Å². The monoisotopic (exact) mass is 297 g/mol. The number of hydrogen-bond donors (Lipinski definition) is 1. The van der Waals surface area contributed by atoms with E-state index < -0.39 is 0 Å². The van der Waals surface area contributed by atoms with Gasteiger partial charge in [-0.2, -0.15) is 0 Å². The van der Waals surface area contributed by atoms with Crippen LogP contribution in [0.1, 0.15) is 81.6 Å². The molecule has 1 aliphatic rings. The summed E-state index contributed by atoms with van der Waals surface area (Å²) < 4.78 is 1.18. The Hall–Kier alpha value is -0.0800. The molecule has 2 heteroatoms. The van der Waals surface area contributed by atoms with Crippen molar-refractivity contribution in [2.75, 3.05) is 20.1 Å². The fourth-order valence-corrected chi connectivity index (χ4v) is 5.56. The molecule has 0 saturated carbocycles. The first-order valence-corrected chi connectivity index (χ1v) is 8.78. The van der Waals surface area contributed by atoms with Crippen molar-refractivity contribution in [2.45, 2.75) is 98.2 Å². The summed E-state index contributed by atoms with van der Waals surface area (Å²) in [5.41, 5.74) is 0.980. The number of quaternary nitrogens is 1. The molecule has 0 radical (unpaired) electrons. The van der Waals surface area contributed by atoms with E-state index in [0.29, 0.717) is 5.41 Å². The molecule has 0 spiro atoms. The molecule has 1 saturated heterocycles. The maximum Gasteiger partial charge on any atom is 0.0951 e. The van der Waals surface area contributed by atoms with E-state index in [1.165, 1.54) is 36.8 Å². The highest BCUT2D eigenvalue weighted by molar-refractivity contribution is 4.97. The average Bonchev–Trinajstić information content (AvgIpc) is 2.08. The maximum atomic E-state index is 3.96. The van der Waals surface area contributed by atoms with Crippen molar-refractivity contribution in [1.29, 1.82) is 0 Å². The molecule has 0 amide bonds. The predicted molar refractivity (Wildman–Crippen MR) is 94.6 cm³/mol. The number of nitrogens with zero attached hydrogens (tertiary/aromatic N) is 1. The van der Waals surface area contributed by atoms with Crippen LogP contribution in [-0.4, -0.2) is 41.2 Å². The van der Waals surface area contributed by atoms with Gasteiger partial charge in [0.05, 0.1) is 25.7 Å². The van der Waals surface area contributed by atoms with Crippen LogP contribution in [0, 0.1) is 5.41 Å². The summed E-state index contributed by atoms with van der Waals surface area (Å²) in [6.07, 6.45) is 3.68. The molecule has 1 unspecified atom stereocenters. The van der Waals surface area contributed by atoms with Crippen molar-refractivity contribution in [3.63, 3.8) is 0 Å². The lowest BCUT2D eigenvalue weighted by Crippen LogP contribution is -2.64. The summed E-state index contributed by atoms with van der Waals surface area (Å²) in [5.74, 6) is 0. The number of hydrogen-bond acceptors (Lipinski definition) is 1. The summed E-state index contributed by atoms with van der Waals surface area (Å²) >= 11 is 0. The van der Waals surface area contributed by atoms with Crippen LogP contribution in [0.25, 0.3) is 0 Å². The first-order valence-electron chi connectivity index (χ1n) is 8.78. The topological polar surface area (TPSA) is 12.0 Å². The minimum atomic E-state index is 0.167. The van der Waals surface area contributed by atoms with Gasteiger partial charge in [-0.05, 0) is 54.4 Å². The van der Waals surface area contributed by atoms with Crippen LogP contribution in [0.5, 0.6) is 0 Å². The molecule has 2 nitrogen and oxygen atoms in total. The summed E-state index contributed by atoms with van der Waals surface area (Å²) in [5, 5.41) is 3.96. The third-order valence-electron chi connectivity index (χ3n) is 5.43. The molecule has 1 heterocycles. The Morgan fingerprint density at radius 1 is 0.857 bits per heavy atom. The van der Waals surface area contributed by atoms with Gasteiger partial charge in [0.15, 0.2) is 0 Å². The summed E-state index contributed by atoms with van der Waals surface area (Å²) in [6.45, 7) is 24.2. The minimum absolute atomic E-state index is 0.167. The molecule has 0 aromatic heterocycles. The molecular weight excluding hydrogens is 256 g/mol. The van der Waals surface area contributed by atoms with Gasteiger partial charge in [0.2, 0.25) is 0 Å². The minimum Gasteiger partial charge on any atom is -0.321 e. The van der Waals surface area contributed by atoms with Crippen molar-refractivity contribution in [3.8, 4) is 0 Å². The molecule has 1 atom stereocenters. The molecule has 1 fully saturated rings. The van der Waals surface area contributed by atoms with Crippen LogP contribution in [0.2, 0.25) is 0 Å². The molecular formula is C19H41N2+. The first-order chi connectivity index (χ1) is 9.14. The van der Waals surface area contributed by atoms with Gasteiger partial charge in [-0.15, -0.1) is 0 Å². The van der Waals surface area contributed by atoms with E-state index in [9.17, 15) is 0 Å². The van der Waals surface area contributed by atoms with E-state index in [-0.39, 0.29) is 16.6 Å². The van der Waals surface area contributed by atoms with Gasteiger partial charge in [0.1, 0.15) is 0 Å². The lowest BCUT2D eigenvalue weighted by Gasteiger charge is -2.52. The maximum absolute atomic E-state index is 3.96. The Labute approximate surface area is 134 Å². The van der Waals surface area contributed by atoms with Gasteiger partial charge in [-0.25, -0.2) is 0 Å². The number of nitrogens with one attached hydrogen (secondary N) is 1. The first kappa shape index (κ1) is 19.0. The lowest BCUT2D eigenvalue weighted by molar-refractivity contribution is -0.961. The van der Waals surface area contributed by atoms with Crippen molar-refractivity contribution >= 4 is 0 Å². The van der Waals surface area contributed by atoms with Gasteiger partial charge in [0.25, 0.3) is 0 Å². The molecule has 0 aromatic rings. The largest absolute Gasteiger partial charge is 0.321 e. The van der Waals surface area contributed by atoms with Crippen molar-refractivity contribution in [1.82, 2.24) is 5.32 Å². The molecule has 0 aromatic carbocycles. The SMILES string of the molecule is CCC[N+]1(C)CC(C)(C)CC(C)(C)NC(C)(C)CC1(C)C. The Bertz CT molecular complexity index is 366. The normalized spacial score (nSPS) is 34.6. The predicted octanol–water partition coefficient (Wildman–Crippen LogP) is 4.59. The molecule has 1 N–H and O–H groups in total. The molecule has 126 valence electrons. The zero-order chi connectivity index (χ0) is 16.7. The molecule has 0 aliphatic carbocycles. The zero-order valence-electron chi connectivity index (χ0n) is 16.5. The van der Waals surface area contributed by atoms with E-state index in [1.807, 2.05) is 0 Å². The van der Waals surface area contributed by atoms with E-state index in [2.05, 4.69) is 74.7 Å². The highest BCUT2D eigenvalue weighted by Crippen LogP contribution is 2.41. The van der Waals surface area contributed by atoms with Gasteiger partial charge >= 0.3 is 0 Å². The van der Waals surface area contributed by atoms with Crippen LogP contribution in [0.4, 0.5) is 0 Å².